The summed E-state index contributed by atoms with van der Waals surface area (Å²) in [5.41, 5.74) is 1.39. The fraction of sp³-hybridized carbons (Fsp3) is 0.294. The van der Waals surface area contributed by atoms with Crippen LogP contribution in [0.1, 0.15) is 6.42 Å². The number of aliphatic carboxylic acids is 1. The Balaban J connectivity index is 1.55. The van der Waals surface area contributed by atoms with E-state index in [-0.39, 0.29) is 17.7 Å². The number of allylic oxidation sites excluding steroid dienone is 2. The highest BCUT2D eigenvalue weighted by Crippen LogP contribution is 2.48. The predicted molar refractivity (Wildman–Crippen MR) is 85.3 cm³/mol. The van der Waals surface area contributed by atoms with E-state index < -0.39 is 17.8 Å². The predicted octanol–water partition coefficient (Wildman–Crippen LogP) is 1.73. The number of carbonyl (C=O) groups is 2. The van der Waals surface area contributed by atoms with Gasteiger partial charge < -0.3 is 10.4 Å². The average molecular weight is 324 g/mol. The van der Waals surface area contributed by atoms with Gasteiger partial charge >= 0.3 is 5.97 Å². The molecular weight excluding hydrogens is 308 g/mol. The van der Waals surface area contributed by atoms with E-state index in [4.69, 9.17) is 0 Å². The van der Waals surface area contributed by atoms with Gasteiger partial charge in [0.15, 0.2) is 0 Å². The van der Waals surface area contributed by atoms with Crippen LogP contribution in [-0.2, 0) is 9.59 Å². The molecular formula is C17H16N4O3. The minimum absolute atomic E-state index is 0.00889. The number of hydrogen-bond acceptors (Lipinski definition) is 4. The van der Waals surface area contributed by atoms with Crippen LogP contribution in [0.5, 0.6) is 0 Å². The topological polar surface area (TPSA) is 97.1 Å². The van der Waals surface area contributed by atoms with Crippen molar-refractivity contribution in [2.45, 2.75) is 6.42 Å². The second-order valence-corrected chi connectivity index (χ2v) is 6.23. The first kappa shape index (κ1) is 14.6. The SMILES string of the molecule is O=C(O)[C@@H]1[C@@H](C(=O)Nc2cccc(-n3ccnn3)c2)[C@H]2C=C[C@H]1C2. The van der Waals surface area contributed by atoms with Crippen molar-refractivity contribution in [1.82, 2.24) is 15.0 Å². The summed E-state index contributed by atoms with van der Waals surface area (Å²) in [5.74, 6) is -2.33. The van der Waals surface area contributed by atoms with E-state index in [2.05, 4.69) is 15.6 Å². The molecule has 1 heterocycles. The van der Waals surface area contributed by atoms with Crippen LogP contribution < -0.4 is 5.32 Å². The summed E-state index contributed by atoms with van der Waals surface area (Å²) < 4.78 is 1.59. The van der Waals surface area contributed by atoms with E-state index in [9.17, 15) is 14.7 Å². The Morgan fingerprint density at radius 2 is 2.00 bits per heavy atom. The molecule has 7 nitrogen and oxygen atoms in total. The zero-order valence-electron chi connectivity index (χ0n) is 12.7. The first-order valence-corrected chi connectivity index (χ1v) is 7.82. The van der Waals surface area contributed by atoms with Crippen molar-refractivity contribution in [3.8, 4) is 5.69 Å². The van der Waals surface area contributed by atoms with E-state index >= 15 is 0 Å². The number of carboxylic acids is 1. The molecule has 0 saturated heterocycles. The molecule has 2 bridgehead atoms. The Labute approximate surface area is 138 Å². The fourth-order valence-electron chi connectivity index (χ4n) is 3.81. The second kappa shape index (κ2) is 5.59. The molecule has 4 rings (SSSR count). The standard InChI is InChI=1S/C17H16N4O3/c22-16(14-10-4-5-11(8-10)15(14)17(23)24)19-12-2-1-3-13(9-12)21-7-6-18-20-21/h1-7,9-11,14-15H,8H2,(H,19,22)(H,23,24)/t10-,11-,14-,15-/m0/s1. The van der Waals surface area contributed by atoms with E-state index in [0.717, 1.165) is 12.1 Å². The molecule has 122 valence electrons. The lowest BCUT2D eigenvalue weighted by atomic mass is 9.82. The van der Waals surface area contributed by atoms with Gasteiger partial charge in [-0.3, -0.25) is 9.59 Å². The minimum atomic E-state index is -0.900. The maximum atomic E-state index is 12.7. The molecule has 0 spiro atoms. The molecule has 7 heteroatoms. The number of carbonyl (C=O) groups excluding carboxylic acids is 1. The van der Waals surface area contributed by atoms with Crippen molar-refractivity contribution in [1.29, 1.82) is 0 Å². The lowest BCUT2D eigenvalue weighted by molar-refractivity contribution is -0.146. The highest BCUT2D eigenvalue weighted by Gasteiger charge is 2.51. The van der Waals surface area contributed by atoms with E-state index in [1.54, 1.807) is 29.2 Å². The lowest BCUT2D eigenvalue weighted by Gasteiger charge is -2.23. The summed E-state index contributed by atoms with van der Waals surface area (Å²) in [7, 11) is 0. The van der Waals surface area contributed by atoms with Crippen LogP contribution in [0.15, 0.2) is 48.8 Å². The van der Waals surface area contributed by atoms with Gasteiger partial charge in [-0.25, -0.2) is 4.68 Å². The molecule has 1 fully saturated rings. The Morgan fingerprint density at radius 3 is 2.71 bits per heavy atom. The van der Waals surface area contributed by atoms with Crippen LogP contribution in [0.25, 0.3) is 5.69 Å². The number of fused-ring (bicyclic) bond motifs is 2. The molecule has 1 amide bonds. The monoisotopic (exact) mass is 324 g/mol. The lowest BCUT2D eigenvalue weighted by Crippen LogP contribution is -2.36. The Hall–Kier alpha value is -2.96. The summed E-state index contributed by atoms with van der Waals surface area (Å²) in [4.78, 5) is 24.2. The van der Waals surface area contributed by atoms with Crippen LogP contribution in [0, 0.1) is 23.7 Å². The Kier molecular flexibility index (Phi) is 3.41. The highest BCUT2D eigenvalue weighted by molar-refractivity contribution is 5.96. The average Bonchev–Trinajstić information content (AvgIpc) is 3.31. The molecule has 1 aromatic heterocycles. The number of anilines is 1. The molecule has 0 radical (unpaired) electrons. The number of benzene rings is 1. The fourth-order valence-corrected chi connectivity index (χ4v) is 3.81. The number of nitrogens with one attached hydrogen (secondary N) is 1. The van der Waals surface area contributed by atoms with Gasteiger partial charge in [-0.05, 0) is 36.5 Å². The van der Waals surface area contributed by atoms with Crippen LogP contribution in [0.2, 0.25) is 0 Å². The van der Waals surface area contributed by atoms with Gasteiger partial charge in [0.2, 0.25) is 5.91 Å². The van der Waals surface area contributed by atoms with Crippen LogP contribution >= 0.6 is 0 Å². The van der Waals surface area contributed by atoms with Crippen LogP contribution in [0.3, 0.4) is 0 Å². The molecule has 1 saturated carbocycles. The van der Waals surface area contributed by atoms with Gasteiger partial charge in [-0.1, -0.05) is 23.4 Å². The van der Waals surface area contributed by atoms with E-state index in [1.165, 1.54) is 0 Å². The number of hydrogen-bond donors (Lipinski definition) is 2. The molecule has 1 aromatic carbocycles. The third kappa shape index (κ3) is 2.38. The molecule has 24 heavy (non-hydrogen) atoms. The zero-order valence-corrected chi connectivity index (χ0v) is 12.7. The van der Waals surface area contributed by atoms with Gasteiger partial charge in [0, 0.05) is 5.69 Å². The quantitative estimate of drug-likeness (QED) is 0.835. The molecule has 4 atom stereocenters. The molecule has 0 aliphatic heterocycles. The number of carboxylic acid groups (broad SMARTS) is 1. The first-order chi connectivity index (χ1) is 11.6. The van der Waals surface area contributed by atoms with Crippen molar-refractivity contribution < 1.29 is 14.7 Å². The number of nitrogens with zero attached hydrogens (tertiary/aromatic N) is 3. The highest BCUT2D eigenvalue weighted by atomic mass is 16.4. The Morgan fingerprint density at radius 1 is 1.21 bits per heavy atom. The summed E-state index contributed by atoms with van der Waals surface area (Å²) in [6.45, 7) is 0. The Bertz CT molecular complexity index is 815. The first-order valence-electron chi connectivity index (χ1n) is 7.82. The van der Waals surface area contributed by atoms with Gasteiger partial charge in [-0.15, -0.1) is 5.10 Å². The second-order valence-electron chi connectivity index (χ2n) is 6.23. The third-order valence-corrected chi connectivity index (χ3v) is 4.85. The van der Waals surface area contributed by atoms with Gasteiger partial charge in [0.25, 0.3) is 0 Å². The maximum absolute atomic E-state index is 12.7. The molecule has 2 aliphatic rings. The van der Waals surface area contributed by atoms with Gasteiger partial charge in [-0.2, -0.15) is 0 Å². The van der Waals surface area contributed by atoms with Gasteiger partial charge in [0.05, 0.1) is 29.9 Å². The third-order valence-electron chi connectivity index (χ3n) is 4.85. The molecule has 2 aromatic rings. The summed E-state index contributed by atoms with van der Waals surface area (Å²) in [6.07, 6.45) is 7.93. The minimum Gasteiger partial charge on any atom is -0.481 e. The summed E-state index contributed by atoms with van der Waals surface area (Å²) in [6, 6.07) is 7.22. The smallest absolute Gasteiger partial charge is 0.307 e. The van der Waals surface area contributed by atoms with Crippen LogP contribution in [0.4, 0.5) is 5.69 Å². The number of amides is 1. The number of aromatic nitrogens is 3. The summed E-state index contributed by atoms with van der Waals surface area (Å²) in [5, 5.41) is 20.0. The largest absolute Gasteiger partial charge is 0.481 e. The van der Waals surface area contributed by atoms with Crippen LogP contribution in [-0.4, -0.2) is 32.0 Å². The van der Waals surface area contributed by atoms with E-state index in [1.807, 2.05) is 24.3 Å². The molecule has 0 unspecified atom stereocenters. The van der Waals surface area contributed by atoms with Crippen molar-refractivity contribution in [3.63, 3.8) is 0 Å². The van der Waals surface area contributed by atoms with Crippen molar-refractivity contribution in [2.24, 2.45) is 23.7 Å². The van der Waals surface area contributed by atoms with Gasteiger partial charge in [0.1, 0.15) is 0 Å². The van der Waals surface area contributed by atoms with Crippen molar-refractivity contribution >= 4 is 17.6 Å². The van der Waals surface area contributed by atoms with Crippen molar-refractivity contribution in [3.05, 3.63) is 48.8 Å². The van der Waals surface area contributed by atoms with Crippen molar-refractivity contribution in [2.75, 3.05) is 5.32 Å². The van der Waals surface area contributed by atoms with E-state index in [0.29, 0.717) is 5.69 Å². The zero-order chi connectivity index (χ0) is 16.7. The number of rotatable bonds is 4. The molecule has 2 N–H and O–H groups in total. The maximum Gasteiger partial charge on any atom is 0.307 e. The normalized spacial score (nSPS) is 27.3. The molecule has 2 aliphatic carbocycles. The summed E-state index contributed by atoms with van der Waals surface area (Å²) >= 11 is 0.